The van der Waals surface area contributed by atoms with Crippen molar-refractivity contribution in [1.29, 1.82) is 0 Å². The van der Waals surface area contributed by atoms with Crippen LogP contribution in [0.1, 0.15) is 19.4 Å². The maximum Gasteiger partial charge on any atom is 0.265 e. The lowest BCUT2D eigenvalue weighted by molar-refractivity contribution is -0.122. The molecule has 3 nitrogen and oxygen atoms in total. The molecule has 4 heteroatoms. The smallest absolute Gasteiger partial charge is 0.265 e. The SMILES string of the molecule is CCc1ccc(O[C@@H](C)C(=O)Nc2cccc(Cl)c2)cc1. The fraction of sp³-hybridized carbons (Fsp3) is 0.235. The monoisotopic (exact) mass is 303 g/mol. The van der Waals surface area contributed by atoms with E-state index in [1.807, 2.05) is 24.3 Å². The maximum absolute atomic E-state index is 12.1. The summed E-state index contributed by atoms with van der Waals surface area (Å²) < 4.78 is 5.63. The molecule has 0 bridgehead atoms. The molecule has 0 heterocycles. The van der Waals surface area contributed by atoms with Crippen LogP contribution in [0.2, 0.25) is 5.02 Å². The molecule has 0 radical (unpaired) electrons. The van der Waals surface area contributed by atoms with Crippen molar-refractivity contribution in [3.8, 4) is 5.75 Å². The van der Waals surface area contributed by atoms with Gasteiger partial charge in [-0.15, -0.1) is 0 Å². The molecular formula is C17H18ClNO2. The molecule has 2 aromatic carbocycles. The van der Waals surface area contributed by atoms with E-state index in [9.17, 15) is 4.79 Å². The number of amides is 1. The van der Waals surface area contributed by atoms with Gasteiger partial charge in [0.15, 0.2) is 6.10 Å². The molecule has 110 valence electrons. The van der Waals surface area contributed by atoms with E-state index in [2.05, 4.69) is 12.2 Å². The van der Waals surface area contributed by atoms with Crippen molar-refractivity contribution in [3.05, 3.63) is 59.1 Å². The van der Waals surface area contributed by atoms with Crippen molar-refractivity contribution in [3.63, 3.8) is 0 Å². The predicted octanol–water partition coefficient (Wildman–Crippen LogP) is 4.31. The summed E-state index contributed by atoms with van der Waals surface area (Å²) in [7, 11) is 0. The lowest BCUT2D eigenvalue weighted by Crippen LogP contribution is -2.30. The quantitative estimate of drug-likeness (QED) is 0.894. The molecule has 0 saturated heterocycles. The van der Waals surface area contributed by atoms with Crippen molar-refractivity contribution in [2.75, 3.05) is 5.32 Å². The molecule has 0 aliphatic carbocycles. The highest BCUT2D eigenvalue weighted by atomic mass is 35.5. The first-order valence-corrected chi connectivity index (χ1v) is 7.28. The molecule has 0 unspecified atom stereocenters. The first-order valence-electron chi connectivity index (χ1n) is 6.90. The Kier molecular flexibility index (Phi) is 5.23. The summed E-state index contributed by atoms with van der Waals surface area (Å²) in [5, 5.41) is 3.36. The maximum atomic E-state index is 12.1. The molecule has 0 spiro atoms. The van der Waals surface area contributed by atoms with E-state index in [1.54, 1.807) is 31.2 Å². The summed E-state index contributed by atoms with van der Waals surface area (Å²) in [5.74, 6) is 0.470. The van der Waals surface area contributed by atoms with E-state index < -0.39 is 6.10 Å². The summed E-state index contributed by atoms with van der Waals surface area (Å²) in [6.07, 6.45) is 0.391. The minimum Gasteiger partial charge on any atom is -0.481 e. The van der Waals surface area contributed by atoms with Crippen molar-refractivity contribution < 1.29 is 9.53 Å². The number of halogens is 1. The Morgan fingerprint density at radius 3 is 2.57 bits per heavy atom. The van der Waals surface area contributed by atoms with Gasteiger partial charge in [-0.05, 0) is 49.2 Å². The normalized spacial score (nSPS) is 11.8. The Balaban J connectivity index is 1.95. The molecule has 1 atom stereocenters. The van der Waals surface area contributed by atoms with Crippen molar-refractivity contribution >= 4 is 23.2 Å². The van der Waals surface area contributed by atoms with Crippen LogP contribution in [0.15, 0.2) is 48.5 Å². The number of hydrogen-bond acceptors (Lipinski definition) is 2. The number of carbonyl (C=O) groups is 1. The third-order valence-electron chi connectivity index (χ3n) is 3.11. The molecule has 0 saturated carbocycles. The second kappa shape index (κ2) is 7.14. The minimum atomic E-state index is -0.587. The zero-order valence-electron chi connectivity index (χ0n) is 12.1. The second-order valence-corrected chi connectivity index (χ2v) is 5.19. The van der Waals surface area contributed by atoms with Crippen LogP contribution >= 0.6 is 11.6 Å². The van der Waals surface area contributed by atoms with Crippen molar-refractivity contribution in [1.82, 2.24) is 0 Å². The van der Waals surface area contributed by atoms with E-state index in [0.717, 1.165) is 6.42 Å². The number of aryl methyl sites for hydroxylation is 1. The van der Waals surface area contributed by atoms with Gasteiger partial charge in [0.2, 0.25) is 0 Å². The number of ether oxygens (including phenoxy) is 1. The van der Waals surface area contributed by atoms with E-state index >= 15 is 0 Å². The van der Waals surface area contributed by atoms with Crippen molar-refractivity contribution in [2.24, 2.45) is 0 Å². The Hall–Kier alpha value is -2.00. The average Bonchev–Trinajstić information content (AvgIpc) is 2.48. The van der Waals surface area contributed by atoms with Gasteiger partial charge in [0.25, 0.3) is 5.91 Å². The largest absolute Gasteiger partial charge is 0.481 e. The van der Waals surface area contributed by atoms with Crippen LogP contribution in [0.3, 0.4) is 0 Å². The van der Waals surface area contributed by atoms with Gasteiger partial charge >= 0.3 is 0 Å². The average molecular weight is 304 g/mol. The Morgan fingerprint density at radius 1 is 1.24 bits per heavy atom. The summed E-state index contributed by atoms with van der Waals surface area (Å²) in [5.41, 5.74) is 1.89. The van der Waals surface area contributed by atoms with Crippen LogP contribution in [0, 0.1) is 0 Å². The van der Waals surface area contributed by atoms with E-state index in [-0.39, 0.29) is 5.91 Å². The molecule has 2 aromatic rings. The number of hydrogen-bond donors (Lipinski definition) is 1. The third kappa shape index (κ3) is 4.50. The zero-order chi connectivity index (χ0) is 15.2. The molecule has 0 aliphatic heterocycles. The minimum absolute atomic E-state index is 0.211. The van der Waals surface area contributed by atoms with Gasteiger partial charge in [-0.1, -0.05) is 36.7 Å². The molecule has 0 aromatic heterocycles. The first kappa shape index (κ1) is 15.4. The van der Waals surface area contributed by atoms with Gasteiger partial charge in [-0.3, -0.25) is 4.79 Å². The van der Waals surface area contributed by atoms with E-state index in [1.165, 1.54) is 5.56 Å². The van der Waals surface area contributed by atoms with Gasteiger partial charge in [-0.25, -0.2) is 0 Å². The first-order chi connectivity index (χ1) is 10.1. The number of nitrogens with one attached hydrogen (secondary N) is 1. The molecule has 1 N–H and O–H groups in total. The van der Waals surface area contributed by atoms with Crippen LogP contribution in [0.5, 0.6) is 5.75 Å². The van der Waals surface area contributed by atoms with Gasteiger partial charge in [-0.2, -0.15) is 0 Å². The molecule has 0 fully saturated rings. The van der Waals surface area contributed by atoms with Crippen LogP contribution < -0.4 is 10.1 Å². The van der Waals surface area contributed by atoms with E-state index in [0.29, 0.717) is 16.5 Å². The number of benzene rings is 2. The summed E-state index contributed by atoms with van der Waals surface area (Å²) >= 11 is 5.88. The van der Waals surface area contributed by atoms with Crippen LogP contribution in [-0.2, 0) is 11.2 Å². The third-order valence-corrected chi connectivity index (χ3v) is 3.34. The molecule has 0 aliphatic rings. The number of anilines is 1. The van der Waals surface area contributed by atoms with Gasteiger partial charge in [0.1, 0.15) is 5.75 Å². The standard InChI is InChI=1S/C17H18ClNO2/c1-3-13-7-9-16(10-8-13)21-12(2)17(20)19-15-6-4-5-14(18)11-15/h4-12H,3H2,1-2H3,(H,19,20)/t12-/m0/s1. The topological polar surface area (TPSA) is 38.3 Å². The summed E-state index contributed by atoms with van der Waals surface area (Å²) in [4.78, 5) is 12.1. The highest BCUT2D eigenvalue weighted by Gasteiger charge is 2.14. The fourth-order valence-corrected chi connectivity index (χ4v) is 2.06. The summed E-state index contributed by atoms with van der Waals surface area (Å²) in [6, 6.07) is 14.8. The second-order valence-electron chi connectivity index (χ2n) is 4.76. The van der Waals surface area contributed by atoms with Crippen LogP contribution in [0.4, 0.5) is 5.69 Å². The molecule has 1 amide bonds. The highest BCUT2D eigenvalue weighted by molar-refractivity contribution is 6.30. The predicted molar refractivity (Wildman–Crippen MR) is 86.0 cm³/mol. The molecule has 2 rings (SSSR count). The van der Waals surface area contributed by atoms with E-state index in [4.69, 9.17) is 16.3 Å². The van der Waals surface area contributed by atoms with Gasteiger partial charge in [0, 0.05) is 10.7 Å². The molecular weight excluding hydrogens is 286 g/mol. The van der Waals surface area contributed by atoms with Gasteiger partial charge < -0.3 is 10.1 Å². The Morgan fingerprint density at radius 2 is 1.95 bits per heavy atom. The Labute approximate surface area is 129 Å². The fourth-order valence-electron chi connectivity index (χ4n) is 1.87. The van der Waals surface area contributed by atoms with Gasteiger partial charge in [0.05, 0.1) is 0 Å². The highest BCUT2D eigenvalue weighted by Crippen LogP contribution is 2.17. The zero-order valence-corrected chi connectivity index (χ0v) is 12.9. The number of carbonyl (C=O) groups excluding carboxylic acids is 1. The lowest BCUT2D eigenvalue weighted by atomic mass is 10.2. The van der Waals surface area contributed by atoms with Crippen LogP contribution in [0.25, 0.3) is 0 Å². The summed E-state index contributed by atoms with van der Waals surface area (Å²) in [6.45, 7) is 3.81. The van der Waals surface area contributed by atoms with Crippen molar-refractivity contribution in [2.45, 2.75) is 26.4 Å². The lowest BCUT2D eigenvalue weighted by Gasteiger charge is -2.15. The van der Waals surface area contributed by atoms with Crippen LogP contribution in [-0.4, -0.2) is 12.0 Å². The number of rotatable bonds is 5. The molecule has 21 heavy (non-hydrogen) atoms. The Bertz CT molecular complexity index is 610.